The van der Waals surface area contributed by atoms with E-state index < -0.39 is 0 Å². The van der Waals surface area contributed by atoms with E-state index in [-0.39, 0.29) is 0 Å². The molecule has 2 nitrogen and oxygen atoms in total. The molecule has 0 aliphatic carbocycles. The Morgan fingerprint density at radius 2 is 1.74 bits per heavy atom. The molecule has 0 heterocycles. The van der Waals surface area contributed by atoms with Gasteiger partial charge in [-0.1, -0.05) is 44.7 Å². The standard InChI is InChI=1S/C17H29NO/c1-5-6-7-8-9-10-16-12-15(13-18(3)4)11-14(2)17(16)19/h11-12,19H,5-10,13H2,1-4H3. The summed E-state index contributed by atoms with van der Waals surface area (Å²) in [6.07, 6.45) is 7.36. The Hall–Kier alpha value is -1.02. The fourth-order valence-corrected chi connectivity index (χ4v) is 2.50. The summed E-state index contributed by atoms with van der Waals surface area (Å²) in [5.74, 6) is 0.498. The first-order valence-electron chi connectivity index (χ1n) is 7.50. The van der Waals surface area contributed by atoms with Crippen molar-refractivity contribution in [3.63, 3.8) is 0 Å². The van der Waals surface area contributed by atoms with Crippen LogP contribution < -0.4 is 0 Å². The molecule has 0 atom stereocenters. The van der Waals surface area contributed by atoms with Gasteiger partial charge in [-0.2, -0.15) is 0 Å². The van der Waals surface area contributed by atoms with Crippen molar-refractivity contribution in [1.29, 1.82) is 0 Å². The first kappa shape index (κ1) is 16.0. The topological polar surface area (TPSA) is 23.5 Å². The van der Waals surface area contributed by atoms with Crippen molar-refractivity contribution < 1.29 is 5.11 Å². The molecule has 0 bridgehead atoms. The molecular weight excluding hydrogens is 234 g/mol. The SMILES string of the molecule is CCCCCCCc1cc(CN(C)C)cc(C)c1O. The monoisotopic (exact) mass is 263 g/mol. The lowest BCUT2D eigenvalue weighted by atomic mass is 9.99. The van der Waals surface area contributed by atoms with Crippen LogP contribution >= 0.6 is 0 Å². The van der Waals surface area contributed by atoms with E-state index >= 15 is 0 Å². The van der Waals surface area contributed by atoms with Crippen molar-refractivity contribution in [2.24, 2.45) is 0 Å². The molecule has 108 valence electrons. The van der Waals surface area contributed by atoms with E-state index in [1.807, 2.05) is 6.92 Å². The molecule has 1 rings (SSSR count). The normalized spacial score (nSPS) is 11.2. The quantitative estimate of drug-likeness (QED) is 0.708. The number of nitrogens with zero attached hydrogens (tertiary/aromatic N) is 1. The fourth-order valence-electron chi connectivity index (χ4n) is 2.50. The second kappa shape index (κ2) is 8.21. The van der Waals surface area contributed by atoms with E-state index in [2.05, 4.69) is 38.1 Å². The fraction of sp³-hybridized carbons (Fsp3) is 0.647. The third-order valence-electron chi connectivity index (χ3n) is 3.49. The molecule has 19 heavy (non-hydrogen) atoms. The van der Waals surface area contributed by atoms with Gasteiger partial charge in [0, 0.05) is 6.54 Å². The average Bonchev–Trinajstić information content (AvgIpc) is 2.34. The molecule has 0 saturated carbocycles. The number of rotatable bonds is 8. The van der Waals surface area contributed by atoms with Crippen molar-refractivity contribution in [3.05, 3.63) is 28.8 Å². The summed E-state index contributed by atoms with van der Waals surface area (Å²) in [4.78, 5) is 2.16. The van der Waals surface area contributed by atoms with Crippen LogP contribution in [0.25, 0.3) is 0 Å². The summed E-state index contributed by atoms with van der Waals surface area (Å²) < 4.78 is 0. The lowest BCUT2D eigenvalue weighted by molar-refractivity contribution is 0.401. The van der Waals surface area contributed by atoms with Crippen molar-refractivity contribution in [2.75, 3.05) is 14.1 Å². The minimum Gasteiger partial charge on any atom is -0.507 e. The van der Waals surface area contributed by atoms with Gasteiger partial charge < -0.3 is 10.0 Å². The zero-order valence-electron chi connectivity index (χ0n) is 13.0. The van der Waals surface area contributed by atoms with Gasteiger partial charge in [0.25, 0.3) is 0 Å². The van der Waals surface area contributed by atoms with Gasteiger partial charge in [-0.15, -0.1) is 0 Å². The third kappa shape index (κ3) is 5.65. The highest BCUT2D eigenvalue weighted by Gasteiger charge is 2.07. The summed E-state index contributed by atoms with van der Waals surface area (Å²) in [5.41, 5.74) is 3.42. The Balaban J connectivity index is 2.62. The zero-order chi connectivity index (χ0) is 14.3. The number of unbranched alkanes of at least 4 members (excludes halogenated alkanes) is 4. The number of benzene rings is 1. The molecule has 1 aromatic carbocycles. The van der Waals surface area contributed by atoms with E-state index in [1.165, 1.54) is 37.7 Å². The number of phenolic OH excluding ortho intramolecular Hbond substituents is 1. The summed E-state index contributed by atoms with van der Waals surface area (Å²) in [7, 11) is 4.15. The highest BCUT2D eigenvalue weighted by atomic mass is 16.3. The van der Waals surface area contributed by atoms with Gasteiger partial charge in [0.2, 0.25) is 0 Å². The number of hydrogen-bond donors (Lipinski definition) is 1. The van der Waals surface area contributed by atoms with Crippen LogP contribution in [-0.2, 0) is 13.0 Å². The van der Waals surface area contributed by atoms with Gasteiger partial charge in [-0.3, -0.25) is 0 Å². The minimum absolute atomic E-state index is 0.498. The van der Waals surface area contributed by atoms with Gasteiger partial charge >= 0.3 is 0 Å². The van der Waals surface area contributed by atoms with Gasteiger partial charge in [0.1, 0.15) is 5.75 Å². The van der Waals surface area contributed by atoms with Gasteiger partial charge in [0.05, 0.1) is 0 Å². The van der Waals surface area contributed by atoms with E-state index in [9.17, 15) is 5.11 Å². The molecule has 0 aromatic heterocycles. The second-order valence-electron chi connectivity index (χ2n) is 5.82. The van der Waals surface area contributed by atoms with Crippen molar-refractivity contribution >= 4 is 0 Å². The van der Waals surface area contributed by atoms with E-state index in [4.69, 9.17) is 0 Å². The van der Waals surface area contributed by atoms with Crippen LogP contribution in [0, 0.1) is 6.92 Å². The number of aryl methyl sites for hydroxylation is 2. The molecule has 2 heteroatoms. The minimum atomic E-state index is 0.498. The summed E-state index contributed by atoms with van der Waals surface area (Å²) in [6.45, 7) is 5.17. The number of phenols is 1. The van der Waals surface area contributed by atoms with Crippen molar-refractivity contribution in [2.45, 2.75) is 58.9 Å². The maximum atomic E-state index is 10.1. The van der Waals surface area contributed by atoms with Crippen molar-refractivity contribution in [3.8, 4) is 5.75 Å². The van der Waals surface area contributed by atoms with E-state index in [0.717, 1.165) is 24.1 Å². The van der Waals surface area contributed by atoms with Crippen LogP contribution in [0.2, 0.25) is 0 Å². The summed E-state index contributed by atoms with van der Waals surface area (Å²) in [6, 6.07) is 4.26. The molecule has 0 saturated heterocycles. The van der Waals surface area contributed by atoms with E-state index in [1.54, 1.807) is 0 Å². The van der Waals surface area contributed by atoms with Crippen LogP contribution in [0.3, 0.4) is 0 Å². The molecule has 0 aliphatic rings. The molecule has 0 spiro atoms. The molecule has 0 amide bonds. The maximum Gasteiger partial charge on any atom is 0.121 e. The van der Waals surface area contributed by atoms with Crippen LogP contribution in [0.4, 0.5) is 0 Å². The Kier molecular flexibility index (Phi) is 6.93. The summed E-state index contributed by atoms with van der Waals surface area (Å²) in [5, 5.41) is 10.1. The van der Waals surface area contributed by atoms with Crippen LogP contribution in [-0.4, -0.2) is 24.1 Å². The lowest BCUT2D eigenvalue weighted by Crippen LogP contribution is -2.11. The predicted molar refractivity (Wildman–Crippen MR) is 82.7 cm³/mol. The summed E-state index contributed by atoms with van der Waals surface area (Å²) >= 11 is 0. The first-order valence-corrected chi connectivity index (χ1v) is 7.50. The van der Waals surface area contributed by atoms with Crippen LogP contribution in [0.1, 0.15) is 55.7 Å². The Morgan fingerprint density at radius 1 is 1.05 bits per heavy atom. The Bertz CT molecular complexity index is 385. The smallest absolute Gasteiger partial charge is 0.121 e. The Morgan fingerprint density at radius 3 is 2.37 bits per heavy atom. The molecule has 0 radical (unpaired) electrons. The third-order valence-corrected chi connectivity index (χ3v) is 3.49. The van der Waals surface area contributed by atoms with Gasteiger partial charge in [0.15, 0.2) is 0 Å². The molecule has 1 N–H and O–H groups in total. The second-order valence-corrected chi connectivity index (χ2v) is 5.82. The van der Waals surface area contributed by atoms with Gasteiger partial charge in [-0.05, 0) is 50.6 Å². The maximum absolute atomic E-state index is 10.1. The highest BCUT2D eigenvalue weighted by molar-refractivity contribution is 5.43. The number of aromatic hydroxyl groups is 1. The van der Waals surface area contributed by atoms with E-state index in [0.29, 0.717) is 5.75 Å². The Labute approximate surface area is 118 Å². The zero-order valence-corrected chi connectivity index (χ0v) is 13.0. The van der Waals surface area contributed by atoms with Crippen LogP contribution in [0.5, 0.6) is 5.75 Å². The van der Waals surface area contributed by atoms with Gasteiger partial charge in [-0.25, -0.2) is 0 Å². The lowest BCUT2D eigenvalue weighted by Gasteiger charge is -2.14. The first-order chi connectivity index (χ1) is 9.04. The molecule has 0 unspecified atom stereocenters. The number of hydrogen-bond acceptors (Lipinski definition) is 2. The molecule has 0 fully saturated rings. The predicted octanol–water partition coefficient (Wildman–Crippen LogP) is 4.28. The van der Waals surface area contributed by atoms with Crippen molar-refractivity contribution in [1.82, 2.24) is 4.90 Å². The average molecular weight is 263 g/mol. The molecular formula is C17H29NO. The molecule has 1 aromatic rings. The largest absolute Gasteiger partial charge is 0.507 e. The van der Waals surface area contributed by atoms with Crippen LogP contribution in [0.15, 0.2) is 12.1 Å². The molecule has 0 aliphatic heterocycles. The highest BCUT2D eigenvalue weighted by Crippen LogP contribution is 2.26.